The summed E-state index contributed by atoms with van der Waals surface area (Å²) in [6, 6.07) is 19.6. The topological polar surface area (TPSA) is 35.5 Å². The van der Waals surface area contributed by atoms with Crippen molar-refractivity contribution in [2.75, 3.05) is 0 Å². The smallest absolute Gasteiger partial charge is 0.415 e. The molecular weight excluding hydrogens is 538 g/mol. The monoisotopic (exact) mass is 588 g/mol. The summed E-state index contributed by atoms with van der Waals surface area (Å²) in [4.78, 5) is 0. The molecule has 1 aliphatic carbocycles. The van der Waals surface area contributed by atoms with Gasteiger partial charge < -0.3 is 13.4 Å². The molecule has 2 aromatic carbocycles. The first-order valence-corrected chi connectivity index (χ1v) is 21.8. The molecule has 0 heterocycles. The summed E-state index contributed by atoms with van der Waals surface area (Å²) in [6.45, 7) is 27.4. The standard InChI is InChI=1S/C33H50O3PSi2.Li/c1-26-27(22-23-37(34,29-18-14-12-15-19-29)30-20-16-13-17-21-30)24-28(35-38(8,9)32(2,3)4)25-31(26)36-39(10,11)33(5,6)7;/h12-23,28,31H,1,24-25H2,2-11H3;/q-1;+1/b27-22-;/t28-,31+;/m1./s1. The molecule has 0 saturated heterocycles. The largest absolute Gasteiger partial charge is 1.00 e. The molecule has 0 aromatic heterocycles. The first kappa shape index (κ1) is 35.2. The Morgan fingerprint density at radius 2 is 1.25 bits per heavy atom. The Kier molecular flexibility index (Phi) is 11.5. The zero-order valence-corrected chi connectivity index (χ0v) is 29.8. The molecule has 3 nitrogen and oxygen atoms in total. The minimum absolute atomic E-state index is 0. The molecule has 0 aliphatic heterocycles. The first-order chi connectivity index (χ1) is 17.9. The fourth-order valence-electron chi connectivity index (χ4n) is 4.37. The van der Waals surface area contributed by atoms with Crippen LogP contribution in [0.3, 0.4) is 0 Å². The van der Waals surface area contributed by atoms with Gasteiger partial charge >= 0.3 is 18.9 Å². The molecule has 1 fully saturated rings. The van der Waals surface area contributed by atoms with Gasteiger partial charge in [-0.3, -0.25) is 0 Å². The SMILES string of the molecule is C=C1/C(=C\[CH-]P(=O)(c2ccccc2)c2ccccc2)C[C@@H](O[Si](C)(C)C(C)(C)C)C[C@@H]1O[Si](C)(C)C(C)(C)C.[Li+]. The van der Waals surface area contributed by atoms with Gasteiger partial charge in [0.05, 0.1) is 13.2 Å². The van der Waals surface area contributed by atoms with Crippen LogP contribution in [-0.2, 0) is 13.4 Å². The van der Waals surface area contributed by atoms with Crippen LogP contribution in [0, 0.1) is 6.16 Å². The van der Waals surface area contributed by atoms with Crippen LogP contribution >= 0.6 is 7.14 Å². The summed E-state index contributed by atoms with van der Waals surface area (Å²) in [7, 11) is -7.05. The van der Waals surface area contributed by atoms with E-state index in [2.05, 4.69) is 80.4 Å². The van der Waals surface area contributed by atoms with E-state index in [9.17, 15) is 4.57 Å². The van der Waals surface area contributed by atoms with Crippen LogP contribution in [0.1, 0.15) is 54.4 Å². The molecule has 1 saturated carbocycles. The molecule has 214 valence electrons. The molecule has 0 N–H and O–H groups in total. The van der Waals surface area contributed by atoms with E-state index in [1.54, 1.807) is 0 Å². The summed E-state index contributed by atoms with van der Waals surface area (Å²) in [5.41, 5.74) is 2.08. The second kappa shape index (κ2) is 13.1. The summed E-state index contributed by atoms with van der Waals surface area (Å²) in [5, 5.41) is 1.87. The normalized spacial score (nSPS) is 20.2. The summed E-state index contributed by atoms with van der Waals surface area (Å²) in [6.07, 6.45) is 5.48. The fourth-order valence-corrected chi connectivity index (χ4v) is 9.30. The fraction of sp³-hybridized carbons (Fsp3) is 0.485. The second-order valence-corrected chi connectivity index (χ2v) is 26.2. The maximum absolute atomic E-state index is 14.7. The van der Waals surface area contributed by atoms with Crippen LogP contribution in [0.5, 0.6) is 0 Å². The minimum atomic E-state index is -3.00. The molecular formula is C33H50LiO3PSi2. The van der Waals surface area contributed by atoms with Crippen molar-refractivity contribution in [3.63, 3.8) is 0 Å². The van der Waals surface area contributed by atoms with Crippen molar-refractivity contribution < 1.29 is 32.3 Å². The van der Waals surface area contributed by atoms with E-state index in [1.165, 1.54) is 0 Å². The predicted octanol–water partition coefficient (Wildman–Crippen LogP) is 6.22. The minimum Gasteiger partial charge on any atom is -0.415 e. The van der Waals surface area contributed by atoms with Crippen molar-refractivity contribution in [2.24, 2.45) is 0 Å². The van der Waals surface area contributed by atoms with Gasteiger partial charge in [-0.15, -0.1) is 12.2 Å². The zero-order chi connectivity index (χ0) is 29.3. The van der Waals surface area contributed by atoms with E-state index in [4.69, 9.17) is 8.85 Å². The van der Waals surface area contributed by atoms with Crippen molar-refractivity contribution in [1.29, 1.82) is 0 Å². The summed E-state index contributed by atoms with van der Waals surface area (Å²) in [5.74, 6) is 0. The van der Waals surface area contributed by atoms with Gasteiger partial charge in [-0.05, 0) is 42.7 Å². The summed E-state index contributed by atoms with van der Waals surface area (Å²) < 4.78 is 28.6. The van der Waals surface area contributed by atoms with E-state index in [0.29, 0.717) is 0 Å². The molecule has 0 bridgehead atoms. The van der Waals surface area contributed by atoms with Crippen molar-refractivity contribution in [2.45, 2.75) is 103 Å². The molecule has 0 unspecified atom stereocenters. The number of rotatable bonds is 8. The van der Waals surface area contributed by atoms with Crippen molar-refractivity contribution in [3.05, 3.63) is 90.6 Å². The van der Waals surface area contributed by atoms with E-state index >= 15 is 0 Å². The Bertz CT molecular complexity index is 1170. The van der Waals surface area contributed by atoms with Gasteiger partial charge in [0.1, 0.15) is 0 Å². The van der Waals surface area contributed by atoms with Gasteiger partial charge in [0.25, 0.3) is 0 Å². The molecule has 0 radical (unpaired) electrons. The molecule has 1 aliphatic rings. The molecule has 0 amide bonds. The van der Waals surface area contributed by atoms with Crippen molar-refractivity contribution >= 4 is 34.4 Å². The van der Waals surface area contributed by atoms with Crippen LogP contribution in [0.2, 0.25) is 36.3 Å². The second-order valence-electron chi connectivity index (χ2n) is 14.0. The van der Waals surface area contributed by atoms with Gasteiger partial charge in [-0.1, -0.05) is 109 Å². The average Bonchev–Trinajstić information content (AvgIpc) is 2.84. The molecule has 40 heavy (non-hydrogen) atoms. The Morgan fingerprint density at radius 1 is 0.825 bits per heavy atom. The number of benzene rings is 2. The van der Waals surface area contributed by atoms with Crippen molar-refractivity contribution in [3.8, 4) is 0 Å². The van der Waals surface area contributed by atoms with Gasteiger partial charge in [0.15, 0.2) is 16.6 Å². The molecule has 2 aromatic rings. The molecule has 3 rings (SSSR count). The van der Waals surface area contributed by atoms with Crippen LogP contribution < -0.4 is 29.5 Å². The van der Waals surface area contributed by atoms with Crippen LogP contribution in [0.4, 0.5) is 0 Å². The van der Waals surface area contributed by atoms with Gasteiger partial charge in [0, 0.05) is 16.7 Å². The van der Waals surface area contributed by atoms with Crippen LogP contribution in [-0.4, -0.2) is 28.8 Å². The third kappa shape index (κ3) is 8.07. The van der Waals surface area contributed by atoms with Gasteiger partial charge in [-0.25, -0.2) is 6.08 Å². The van der Waals surface area contributed by atoms with E-state index in [1.807, 2.05) is 66.8 Å². The molecule has 2 atom stereocenters. The number of allylic oxidation sites excluding steroid dienone is 1. The Balaban J connectivity index is 0.00000560. The van der Waals surface area contributed by atoms with Crippen molar-refractivity contribution in [1.82, 2.24) is 0 Å². The molecule has 0 spiro atoms. The van der Waals surface area contributed by atoms with E-state index in [0.717, 1.165) is 34.6 Å². The quantitative estimate of drug-likeness (QED) is 0.209. The number of hydrogen-bond acceptors (Lipinski definition) is 3. The number of hydrogen-bond donors (Lipinski definition) is 0. The Hall–Kier alpha value is -1.03. The third-order valence-corrected chi connectivity index (χ3v) is 20.7. The first-order valence-electron chi connectivity index (χ1n) is 14.2. The van der Waals surface area contributed by atoms with Gasteiger partial charge in [-0.2, -0.15) is 11.7 Å². The maximum Gasteiger partial charge on any atom is 1.00 e. The van der Waals surface area contributed by atoms with E-state index in [-0.39, 0.29) is 41.1 Å². The summed E-state index contributed by atoms with van der Waals surface area (Å²) >= 11 is 0. The third-order valence-electron chi connectivity index (χ3n) is 9.00. The zero-order valence-electron chi connectivity index (χ0n) is 26.9. The van der Waals surface area contributed by atoms with E-state index < -0.39 is 23.8 Å². The Labute approximate surface area is 259 Å². The average molecular weight is 589 g/mol. The Morgan fingerprint density at radius 3 is 1.68 bits per heavy atom. The molecule has 7 heteroatoms. The van der Waals surface area contributed by atoms with Crippen LogP contribution in [0.15, 0.2) is 84.5 Å². The van der Waals surface area contributed by atoms with Crippen LogP contribution in [0.25, 0.3) is 0 Å². The maximum atomic E-state index is 14.7. The predicted molar refractivity (Wildman–Crippen MR) is 175 cm³/mol. The van der Waals surface area contributed by atoms with Gasteiger partial charge in [0.2, 0.25) is 0 Å².